The molecule has 0 aliphatic carbocycles. The first-order chi connectivity index (χ1) is 7.77. The molecule has 1 rings (SSSR count). The lowest BCUT2D eigenvalue weighted by molar-refractivity contribution is 0.0982. The lowest BCUT2D eigenvalue weighted by Crippen LogP contribution is -2.46. The van der Waals surface area contributed by atoms with E-state index in [1.54, 1.807) is 0 Å². The Hall–Kier alpha value is -0.130. The van der Waals surface area contributed by atoms with Gasteiger partial charge in [0.2, 0.25) is 0 Å². The summed E-state index contributed by atoms with van der Waals surface area (Å²) < 4.78 is 29.8. The average Bonchev–Trinajstić information content (AvgIpc) is 2.25. The monoisotopic (exact) mass is 263 g/mol. The first kappa shape index (κ1) is 14.9. The summed E-state index contributed by atoms with van der Waals surface area (Å²) in [6, 6.07) is -0.00431. The predicted molar refractivity (Wildman–Crippen MR) is 69.9 cm³/mol. The van der Waals surface area contributed by atoms with Gasteiger partial charge in [-0.05, 0) is 25.3 Å². The second-order valence-corrected chi connectivity index (χ2v) is 8.17. The van der Waals surface area contributed by atoms with Crippen LogP contribution in [0.4, 0.5) is 0 Å². The van der Waals surface area contributed by atoms with E-state index in [4.69, 9.17) is 4.74 Å². The Bertz CT molecular complexity index is 326. The second-order valence-electron chi connectivity index (χ2n) is 5.85. The quantitative estimate of drug-likeness (QED) is 0.828. The summed E-state index contributed by atoms with van der Waals surface area (Å²) >= 11 is 0. The summed E-state index contributed by atoms with van der Waals surface area (Å²) in [5, 5.41) is 2.91. The molecule has 102 valence electrons. The summed E-state index contributed by atoms with van der Waals surface area (Å²) in [5.74, 6) is 0.220. The summed E-state index contributed by atoms with van der Waals surface area (Å²) in [5.41, 5.74) is -0.0486. The van der Waals surface area contributed by atoms with Crippen LogP contribution in [0.25, 0.3) is 0 Å². The smallest absolute Gasteiger partial charge is 0.154 e. The zero-order valence-corrected chi connectivity index (χ0v) is 12.1. The minimum absolute atomic E-state index is 0.00431. The fourth-order valence-corrected chi connectivity index (χ4v) is 4.48. The third-order valence-corrected chi connectivity index (χ3v) is 5.75. The van der Waals surface area contributed by atoms with Crippen LogP contribution in [0.3, 0.4) is 0 Å². The van der Waals surface area contributed by atoms with E-state index in [0.717, 1.165) is 0 Å². The van der Waals surface area contributed by atoms with Crippen molar-refractivity contribution in [3.63, 3.8) is 0 Å². The second kappa shape index (κ2) is 5.67. The van der Waals surface area contributed by atoms with Gasteiger partial charge in [-0.3, -0.25) is 0 Å². The minimum Gasteiger partial charge on any atom is -0.381 e. The Kier molecular flexibility index (Phi) is 4.98. The normalized spacial score (nSPS) is 21.4. The van der Waals surface area contributed by atoms with Gasteiger partial charge in [-0.25, -0.2) is 8.42 Å². The molecule has 0 saturated carbocycles. The molecule has 1 aliphatic heterocycles. The number of hydrogen-bond donors (Lipinski definition) is 1. The van der Waals surface area contributed by atoms with E-state index in [0.29, 0.717) is 26.1 Å². The van der Waals surface area contributed by atoms with Crippen molar-refractivity contribution in [3.8, 4) is 0 Å². The zero-order chi connectivity index (χ0) is 13.1. The van der Waals surface area contributed by atoms with E-state index >= 15 is 0 Å². The summed E-state index contributed by atoms with van der Waals surface area (Å²) in [6.07, 6.45) is 1.28. The number of nitrogens with one attached hydrogen (secondary N) is 1. The largest absolute Gasteiger partial charge is 0.381 e. The molecule has 17 heavy (non-hydrogen) atoms. The predicted octanol–water partition coefficient (Wildman–Crippen LogP) is 1.21. The van der Waals surface area contributed by atoms with Crippen molar-refractivity contribution >= 4 is 9.84 Å². The Labute approximate surface area is 105 Å². The lowest BCUT2D eigenvalue weighted by atomic mass is 9.88. The number of hydrogen-bond acceptors (Lipinski definition) is 4. The Balaban J connectivity index is 2.70. The highest BCUT2D eigenvalue weighted by Gasteiger charge is 2.33. The molecule has 0 aromatic heterocycles. The maximum absolute atomic E-state index is 12.3. The van der Waals surface area contributed by atoms with Crippen molar-refractivity contribution in [3.05, 3.63) is 0 Å². The molecule has 0 aromatic rings. The van der Waals surface area contributed by atoms with E-state index in [2.05, 4.69) is 26.1 Å². The van der Waals surface area contributed by atoms with Crippen LogP contribution in [0.15, 0.2) is 0 Å². The van der Waals surface area contributed by atoms with Gasteiger partial charge in [-0.15, -0.1) is 0 Å². The first-order valence-corrected chi connectivity index (χ1v) is 7.95. The molecule has 4 nitrogen and oxygen atoms in total. The molecule has 0 radical (unpaired) electrons. The molecule has 1 N–H and O–H groups in total. The Morgan fingerprint density at radius 3 is 2.24 bits per heavy atom. The van der Waals surface area contributed by atoms with Gasteiger partial charge in [0.15, 0.2) is 9.84 Å². The van der Waals surface area contributed by atoms with Crippen LogP contribution in [-0.4, -0.2) is 45.7 Å². The maximum atomic E-state index is 12.3. The molecule has 1 fully saturated rings. The van der Waals surface area contributed by atoms with Crippen molar-refractivity contribution in [2.24, 2.45) is 5.41 Å². The van der Waals surface area contributed by atoms with Crippen molar-refractivity contribution in [2.45, 2.75) is 44.9 Å². The maximum Gasteiger partial charge on any atom is 0.154 e. The molecule has 0 amide bonds. The minimum atomic E-state index is -3.02. The van der Waals surface area contributed by atoms with Crippen LogP contribution in [0, 0.1) is 5.41 Å². The summed E-state index contributed by atoms with van der Waals surface area (Å²) in [7, 11) is -1.19. The molecule has 0 spiro atoms. The zero-order valence-electron chi connectivity index (χ0n) is 11.3. The van der Waals surface area contributed by atoms with Crippen molar-refractivity contribution < 1.29 is 13.2 Å². The lowest BCUT2D eigenvalue weighted by Gasteiger charge is -2.32. The van der Waals surface area contributed by atoms with Crippen LogP contribution in [0.2, 0.25) is 0 Å². The topological polar surface area (TPSA) is 55.4 Å². The van der Waals surface area contributed by atoms with Crippen molar-refractivity contribution in [2.75, 3.05) is 26.0 Å². The van der Waals surface area contributed by atoms with Crippen LogP contribution in [-0.2, 0) is 14.6 Å². The number of rotatable bonds is 4. The first-order valence-electron chi connectivity index (χ1n) is 6.24. The summed E-state index contributed by atoms with van der Waals surface area (Å²) in [4.78, 5) is 0. The van der Waals surface area contributed by atoms with Crippen molar-refractivity contribution in [1.29, 1.82) is 0 Å². The SMILES string of the molecule is CNC(CS(=O)(=O)C1CCOCC1)C(C)(C)C. The standard InChI is InChI=1S/C12H25NO3S/c1-12(2,3)11(13-4)9-17(14,15)10-5-7-16-8-6-10/h10-11,13H,5-9H2,1-4H3. The van der Waals surface area contributed by atoms with E-state index in [-0.39, 0.29) is 22.5 Å². The molecule has 1 unspecified atom stereocenters. The third kappa shape index (κ3) is 4.23. The highest BCUT2D eigenvalue weighted by molar-refractivity contribution is 7.92. The molecular formula is C12H25NO3S. The van der Waals surface area contributed by atoms with Gasteiger partial charge in [0.05, 0.1) is 11.0 Å². The fraction of sp³-hybridized carbons (Fsp3) is 1.00. The summed E-state index contributed by atoms with van der Waals surface area (Å²) in [6.45, 7) is 7.34. The van der Waals surface area contributed by atoms with Gasteiger partial charge in [-0.1, -0.05) is 20.8 Å². The van der Waals surface area contributed by atoms with Gasteiger partial charge < -0.3 is 10.1 Å². The van der Waals surface area contributed by atoms with Gasteiger partial charge in [0, 0.05) is 19.3 Å². The van der Waals surface area contributed by atoms with E-state index in [1.165, 1.54) is 0 Å². The number of ether oxygens (including phenoxy) is 1. The molecule has 0 bridgehead atoms. The average molecular weight is 263 g/mol. The van der Waals surface area contributed by atoms with E-state index < -0.39 is 9.84 Å². The van der Waals surface area contributed by atoms with E-state index in [1.807, 2.05) is 7.05 Å². The molecule has 1 atom stereocenters. The third-order valence-electron chi connectivity index (χ3n) is 3.47. The Morgan fingerprint density at radius 1 is 1.29 bits per heavy atom. The van der Waals surface area contributed by atoms with Crippen molar-refractivity contribution in [1.82, 2.24) is 5.32 Å². The van der Waals surface area contributed by atoms with Gasteiger partial charge >= 0.3 is 0 Å². The molecular weight excluding hydrogens is 238 g/mol. The van der Waals surface area contributed by atoms with Crippen LogP contribution in [0.5, 0.6) is 0 Å². The molecule has 1 saturated heterocycles. The highest BCUT2D eigenvalue weighted by Crippen LogP contribution is 2.24. The van der Waals surface area contributed by atoms with E-state index in [9.17, 15) is 8.42 Å². The van der Waals surface area contributed by atoms with Crippen LogP contribution >= 0.6 is 0 Å². The highest BCUT2D eigenvalue weighted by atomic mass is 32.2. The van der Waals surface area contributed by atoms with Crippen LogP contribution < -0.4 is 5.32 Å². The van der Waals surface area contributed by atoms with Gasteiger partial charge in [0.1, 0.15) is 0 Å². The fourth-order valence-electron chi connectivity index (χ4n) is 2.17. The number of sulfone groups is 1. The molecule has 0 aromatic carbocycles. The Morgan fingerprint density at radius 2 is 1.82 bits per heavy atom. The van der Waals surface area contributed by atoms with Crippen LogP contribution in [0.1, 0.15) is 33.6 Å². The molecule has 1 heterocycles. The molecule has 1 aliphatic rings. The van der Waals surface area contributed by atoms with Gasteiger partial charge in [0.25, 0.3) is 0 Å². The molecule has 5 heteroatoms. The van der Waals surface area contributed by atoms with Gasteiger partial charge in [-0.2, -0.15) is 0 Å².